The number of hydrazine groups is 1. The van der Waals surface area contributed by atoms with E-state index in [0.717, 1.165) is 24.3 Å². The minimum Gasteiger partial charge on any atom is -0.479 e. The predicted molar refractivity (Wildman–Crippen MR) is 126 cm³/mol. The van der Waals surface area contributed by atoms with Crippen molar-refractivity contribution in [2.24, 2.45) is 0 Å². The molecule has 30 heavy (non-hydrogen) atoms. The molecule has 1 fully saturated rings. The SMILES string of the molecule is CCc1cc(NN2CCN(c3cc(C)cc(C)c3)CC2C(=O)SC)c(OC)nc1C. The van der Waals surface area contributed by atoms with Crippen LogP contribution in [0.25, 0.3) is 0 Å². The fourth-order valence-corrected chi connectivity index (χ4v) is 4.47. The lowest BCUT2D eigenvalue weighted by Crippen LogP contribution is -2.58. The van der Waals surface area contributed by atoms with Gasteiger partial charge in [-0.3, -0.25) is 4.79 Å². The summed E-state index contributed by atoms with van der Waals surface area (Å²) < 4.78 is 5.51. The lowest BCUT2D eigenvalue weighted by atomic mass is 10.1. The number of thioether (sulfide) groups is 1. The number of methoxy groups -OCH3 is 1. The van der Waals surface area contributed by atoms with E-state index >= 15 is 0 Å². The molecule has 1 aliphatic rings. The second-order valence-corrected chi connectivity index (χ2v) is 8.59. The van der Waals surface area contributed by atoms with Crippen molar-refractivity contribution in [3.63, 3.8) is 0 Å². The van der Waals surface area contributed by atoms with Crippen LogP contribution < -0.4 is 15.1 Å². The highest BCUT2D eigenvalue weighted by Crippen LogP contribution is 2.29. The fraction of sp³-hybridized carbons (Fsp3) is 0.478. The Labute approximate surface area is 184 Å². The largest absolute Gasteiger partial charge is 0.479 e. The molecule has 3 rings (SSSR count). The first-order valence-electron chi connectivity index (χ1n) is 10.3. The minimum absolute atomic E-state index is 0.145. The lowest BCUT2D eigenvalue weighted by Gasteiger charge is -2.41. The zero-order valence-corrected chi connectivity index (χ0v) is 19.6. The number of hydrogen-bond acceptors (Lipinski definition) is 7. The molecule has 0 radical (unpaired) electrons. The number of piperazine rings is 1. The van der Waals surface area contributed by atoms with E-state index in [1.807, 2.05) is 18.2 Å². The van der Waals surface area contributed by atoms with Crippen LogP contribution in [0.1, 0.15) is 29.3 Å². The first-order chi connectivity index (χ1) is 14.4. The molecular weight excluding hydrogens is 396 g/mol. The van der Waals surface area contributed by atoms with E-state index in [9.17, 15) is 4.79 Å². The lowest BCUT2D eigenvalue weighted by molar-refractivity contribution is -0.115. The number of benzene rings is 1. The summed E-state index contributed by atoms with van der Waals surface area (Å²) in [6, 6.07) is 8.37. The van der Waals surface area contributed by atoms with Crippen LogP contribution in [0, 0.1) is 20.8 Å². The second kappa shape index (κ2) is 9.71. The number of hydrogen-bond donors (Lipinski definition) is 1. The van der Waals surface area contributed by atoms with E-state index in [-0.39, 0.29) is 11.2 Å². The molecular formula is C23H32N4O2S. The van der Waals surface area contributed by atoms with Crippen LogP contribution in [0.15, 0.2) is 24.3 Å². The number of nitrogens with one attached hydrogen (secondary N) is 1. The van der Waals surface area contributed by atoms with Gasteiger partial charge in [0, 0.05) is 31.0 Å². The number of aryl methyl sites for hydroxylation is 4. The molecule has 1 unspecified atom stereocenters. The van der Waals surface area contributed by atoms with Gasteiger partial charge in [-0.05, 0) is 68.3 Å². The van der Waals surface area contributed by atoms with Gasteiger partial charge in [-0.1, -0.05) is 24.8 Å². The van der Waals surface area contributed by atoms with Gasteiger partial charge in [0.15, 0.2) is 0 Å². The molecule has 1 aromatic heterocycles. The van der Waals surface area contributed by atoms with E-state index in [2.05, 4.69) is 60.3 Å². The Balaban J connectivity index is 1.86. The van der Waals surface area contributed by atoms with Crippen molar-refractivity contribution in [3.8, 4) is 5.88 Å². The average Bonchev–Trinajstić information content (AvgIpc) is 2.73. The summed E-state index contributed by atoms with van der Waals surface area (Å²) in [5.41, 5.74) is 10.0. The molecule has 1 atom stereocenters. The molecule has 162 valence electrons. The van der Waals surface area contributed by atoms with Crippen LogP contribution in [0.5, 0.6) is 5.88 Å². The highest BCUT2D eigenvalue weighted by Gasteiger charge is 2.33. The van der Waals surface area contributed by atoms with E-state index in [1.165, 1.54) is 34.1 Å². The van der Waals surface area contributed by atoms with E-state index in [1.54, 1.807) is 7.11 Å². The standard InChI is InChI=1S/C23H32N4O2S/c1-7-18-13-20(22(29-5)24-17(18)4)25-27-9-8-26(14-21(27)23(28)30-6)19-11-15(2)10-16(3)12-19/h10-13,21,25H,7-9,14H2,1-6H3. The first kappa shape index (κ1) is 22.4. The number of anilines is 2. The number of ether oxygens (including phenoxy) is 1. The topological polar surface area (TPSA) is 57.7 Å². The van der Waals surface area contributed by atoms with Gasteiger partial charge >= 0.3 is 0 Å². The zero-order valence-electron chi connectivity index (χ0n) is 18.8. The molecule has 1 aliphatic heterocycles. The molecule has 1 saturated heterocycles. The monoisotopic (exact) mass is 428 g/mol. The van der Waals surface area contributed by atoms with Gasteiger partial charge < -0.3 is 15.1 Å². The predicted octanol–water partition coefficient (Wildman–Crippen LogP) is 3.99. The average molecular weight is 429 g/mol. The fourth-order valence-electron chi connectivity index (χ4n) is 4.00. The zero-order chi connectivity index (χ0) is 21.8. The molecule has 0 bridgehead atoms. The van der Waals surface area contributed by atoms with Crippen LogP contribution in [0.3, 0.4) is 0 Å². The Hall–Kier alpha value is -2.25. The first-order valence-corrected chi connectivity index (χ1v) is 11.6. The van der Waals surface area contributed by atoms with Crippen LogP contribution in [-0.4, -0.2) is 54.1 Å². The van der Waals surface area contributed by atoms with Crippen molar-refractivity contribution in [1.82, 2.24) is 9.99 Å². The molecule has 0 aliphatic carbocycles. The third kappa shape index (κ3) is 4.90. The Bertz CT molecular complexity index is 898. The third-order valence-electron chi connectivity index (χ3n) is 5.55. The van der Waals surface area contributed by atoms with Gasteiger partial charge in [0.1, 0.15) is 11.7 Å². The van der Waals surface area contributed by atoms with Crippen molar-refractivity contribution < 1.29 is 9.53 Å². The number of nitrogens with zero attached hydrogens (tertiary/aromatic N) is 3. The molecule has 0 spiro atoms. The summed E-state index contributed by atoms with van der Waals surface area (Å²) in [5, 5.41) is 2.18. The van der Waals surface area contributed by atoms with E-state index in [4.69, 9.17) is 4.74 Å². The van der Waals surface area contributed by atoms with Gasteiger partial charge in [0.05, 0.1) is 7.11 Å². The molecule has 6 nitrogen and oxygen atoms in total. The Morgan fingerprint density at radius 3 is 2.50 bits per heavy atom. The van der Waals surface area contributed by atoms with Gasteiger partial charge in [-0.2, -0.15) is 0 Å². The summed E-state index contributed by atoms with van der Waals surface area (Å²) in [6.07, 6.45) is 2.74. The van der Waals surface area contributed by atoms with E-state index in [0.29, 0.717) is 19.0 Å². The normalized spacial score (nSPS) is 17.1. The quantitative estimate of drug-likeness (QED) is 0.747. The van der Waals surface area contributed by atoms with Crippen molar-refractivity contribution >= 4 is 28.3 Å². The number of rotatable bonds is 6. The number of carbonyl (C=O) groups is 1. The number of pyridine rings is 1. The number of aromatic nitrogens is 1. The van der Waals surface area contributed by atoms with E-state index < -0.39 is 0 Å². The smallest absolute Gasteiger partial charge is 0.238 e. The van der Waals surface area contributed by atoms with Crippen molar-refractivity contribution in [1.29, 1.82) is 0 Å². The van der Waals surface area contributed by atoms with Crippen LogP contribution >= 0.6 is 11.8 Å². The second-order valence-electron chi connectivity index (χ2n) is 7.78. The van der Waals surface area contributed by atoms with Gasteiger partial charge in [0.25, 0.3) is 0 Å². The molecule has 2 aromatic rings. The van der Waals surface area contributed by atoms with Crippen LogP contribution in [0.2, 0.25) is 0 Å². The highest BCUT2D eigenvalue weighted by molar-refractivity contribution is 8.13. The Morgan fingerprint density at radius 1 is 1.20 bits per heavy atom. The maximum absolute atomic E-state index is 12.8. The molecule has 7 heteroatoms. The highest BCUT2D eigenvalue weighted by atomic mass is 32.2. The molecule has 1 aromatic carbocycles. The van der Waals surface area contributed by atoms with Gasteiger partial charge in [-0.15, -0.1) is 0 Å². The maximum atomic E-state index is 12.8. The van der Waals surface area contributed by atoms with Crippen molar-refractivity contribution in [2.45, 2.75) is 40.2 Å². The van der Waals surface area contributed by atoms with Gasteiger partial charge in [0.2, 0.25) is 11.0 Å². The van der Waals surface area contributed by atoms with Crippen LogP contribution in [-0.2, 0) is 11.2 Å². The summed E-state index contributed by atoms with van der Waals surface area (Å²) in [7, 11) is 1.63. The number of carbonyl (C=O) groups excluding carboxylic acids is 1. The molecule has 1 N–H and O–H groups in total. The Morgan fingerprint density at radius 2 is 1.90 bits per heavy atom. The molecule has 0 saturated carbocycles. The summed E-state index contributed by atoms with van der Waals surface area (Å²) in [5.74, 6) is 0.553. The molecule has 2 heterocycles. The summed E-state index contributed by atoms with van der Waals surface area (Å²) >= 11 is 1.28. The molecule has 0 amide bonds. The third-order valence-corrected chi connectivity index (χ3v) is 6.22. The van der Waals surface area contributed by atoms with Crippen molar-refractivity contribution in [2.75, 3.05) is 43.3 Å². The Kier molecular flexibility index (Phi) is 7.26. The van der Waals surface area contributed by atoms with Crippen molar-refractivity contribution in [3.05, 3.63) is 46.6 Å². The summed E-state index contributed by atoms with van der Waals surface area (Å²) in [6.45, 7) is 10.5. The minimum atomic E-state index is -0.273. The summed E-state index contributed by atoms with van der Waals surface area (Å²) in [4.78, 5) is 19.7. The van der Waals surface area contributed by atoms with Crippen LogP contribution in [0.4, 0.5) is 11.4 Å². The maximum Gasteiger partial charge on any atom is 0.238 e. The van der Waals surface area contributed by atoms with Gasteiger partial charge in [-0.25, -0.2) is 9.99 Å².